The molecule has 0 amide bonds. The van der Waals surface area contributed by atoms with E-state index in [1.807, 2.05) is 0 Å². The Hall–Kier alpha value is 0.282. The van der Waals surface area contributed by atoms with Crippen molar-refractivity contribution in [3.63, 3.8) is 0 Å². The first-order valence-electron chi connectivity index (χ1n) is 6.42. The van der Waals surface area contributed by atoms with E-state index in [0.29, 0.717) is 0 Å². The Kier molecular flexibility index (Phi) is 3.11. The fraction of sp³-hybridized carbons (Fsp3) is 1.00. The molecule has 2 saturated heterocycles. The highest BCUT2D eigenvalue weighted by atomic mass is 28.3. The highest BCUT2D eigenvalue weighted by molar-refractivity contribution is 6.85. The van der Waals surface area contributed by atoms with E-state index in [2.05, 4.69) is 26.9 Å². The van der Waals surface area contributed by atoms with E-state index in [4.69, 9.17) is 0 Å². The van der Waals surface area contributed by atoms with Gasteiger partial charge in [-0.15, -0.1) is 0 Å². The van der Waals surface area contributed by atoms with Crippen LogP contribution in [0.15, 0.2) is 0 Å². The Balaban J connectivity index is 2.16. The van der Waals surface area contributed by atoms with E-state index >= 15 is 0 Å². The first-order valence-corrected chi connectivity index (χ1v) is 10.00. The number of fused-ring (bicyclic) bond motifs is 3. The minimum atomic E-state index is -0.930. The molecule has 80 valence electrons. The second-order valence-corrected chi connectivity index (χ2v) is 11.9. The molecule has 0 spiro atoms. The van der Waals surface area contributed by atoms with Gasteiger partial charge in [-0.05, 0) is 0 Å². The zero-order chi connectivity index (χ0) is 10.2. The van der Waals surface area contributed by atoms with Gasteiger partial charge >= 0.3 is 0 Å². The van der Waals surface area contributed by atoms with E-state index in [-0.39, 0.29) is 0 Å². The highest BCUT2D eigenvalue weighted by Gasteiger charge is 2.29. The summed E-state index contributed by atoms with van der Waals surface area (Å²) in [6.45, 7) is 7.69. The highest BCUT2D eigenvalue weighted by Crippen LogP contribution is 2.46. The number of hydrogen-bond donors (Lipinski definition) is 0. The minimum Gasteiger partial charge on any atom is -0.331 e. The standard InChI is InChI=1S/C12H24BSi/c1-14(2,3)12-10-6-4-8-11(13-12)9-5-7-10/h10-12H,4-9H2,1-3H3/q-1/t10?,11?,12-/m0/s1. The monoisotopic (exact) mass is 207 g/mol. The molecule has 0 nitrogen and oxygen atoms in total. The predicted molar refractivity (Wildman–Crippen MR) is 67.8 cm³/mol. The topological polar surface area (TPSA) is 0 Å². The Morgan fingerprint density at radius 2 is 1.50 bits per heavy atom. The minimum absolute atomic E-state index is 0.930. The van der Waals surface area contributed by atoms with Gasteiger partial charge < -0.3 is 7.28 Å². The van der Waals surface area contributed by atoms with Crippen LogP contribution in [0.4, 0.5) is 0 Å². The van der Waals surface area contributed by atoms with Crippen LogP contribution < -0.4 is 0 Å². The molecule has 0 aromatic heterocycles. The summed E-state index contributed by atoms with van der Waals surface area (Å²) >= 11 is 0. The van der Waals surface area contributed by atoms with Crippen molar-refractivity contribution >= 4 is 15.4 Å². The summed E-state index contributed by atoms with van der Waals surface area (Å²) in [7, 11) is 1.86. The van der Waals surface area contributed by atoms with Crippen LogP contribution in [0, 0.1) is 5.92 Å². The average molecular weight is 207 g/mol. The summed E-state index contributed by atoms with van der Waals surface area (Å²) < 4.78 is 0. The van der Waals surface area contributed by atoms with E-state index in [1.165, 1.54) is 38.5 Å². The van der Waals surface area contributed by atoms with Crippen LogP contribution in [0.1, 0.15) is 38.5 Å². The third-order valence-electron chi connectivity index (χ3n) is 4.29. The Labute approximate surface area is 91.1 Å². The molecule has 2 aliphatic rings. The van der Waals surface area contributed by atoms with Crippen molar-refractivity contribution in [2.45, 2.75) is 69.4 Å². The lowest BCUT2D eigenvalue weighted by molar-refractivity contribution is 0.411. The summed E-state index contributed by atoms with van der Waals surface area (Å²) in [6.07, 6.45) is 9.07. The van der Waals surface area contributed by atoms with Gasteiger partial charge in [0.1, 0.15) is 0 Å². The molecule has 0 aromatic carbocycles. The molecule has 0 saturated carbocycles. The summed E-state index contributed by atoms with van der Waals surface area (Å²) in [5, 5.41) is 0. The smallest absolute Gasteiger partial charge is 0.00757 e. The quantitative estimate of drug-likeness (QED) is 0.567. The molecule has 2 heterocycles. The summed E-state index contributed by atoms with van der Waals surface area (Å²) in [6, 6.07) is 0. The molecule has 0 aliphatic carbocycles. The molecule has 2 rings (SSSR count). The first-order chi connectivity index (χ1) is 6.57. The molecule has 14 heavy (non-hydrogen) atoms. The van der Waals surface area contributed by atoms with E-state index < -0.39 is 8.07 Å². The maximum Gasteiger partial charge on any atom is 0.00757 e. The van der Waals surface area contributed by atoms with Crippen molar-refractivity contribution in [2.75, 3.05) is 0 Å². The fourth-order valence-corrected chi connectivity index (χ4v) is 6.17. The molecule has 1 atom stereocenters. The molecule has 0 unspecified atom stereocenters. The van der Waals surface area contributed by atoms with Gasteiger partial charge in [-0.2, -0.15) is 0 Å². The van der Waals surface area contributed by atoms with Gasteiger partial charge in [-0.3, -0.25) is 0 Å². The van der Waals surface area contributed by atoms with Crippen LogP contribution >= 0.6 is 0 Å². The van der Waals surface area contributed by atoms with Crippen LogP contribution in [-0.2, 0) is 0 Å². The maximum atomic E-state index is 2.79. The zero-order valence-corrected chi connectivity index (χ0v) is 11.1. The molecule has 2 fully saturated rings. The van der Waals surface area contributed by atoms with Gasteiger partial charge in [-0.25, -0.2) is 11.3 Å². The lowest BCUT2D eigenvalue weighted by Gasteiger charge is -2.45. The third kappa shape index (κ3) is 2.26. The predicted octanol–water partition coefficient (Wildman–Crippen LogP) is 4.13. The van der Waals surface area contributed by atoms with Crippen LogP contribution in [0.3, 0.4) is 0 Å². The molecule has 0 N–H and O–H groups in total. The number of hydrogen-bond acceptors (Lipinski definition) is 0. The Bertz CT molecular complexity index is 187. The van der Waals surface area contributed by atoms with Crippen molar-refractivity contribution in [1.82, 2.24) is 0 Å². The van der Waals surface area contributed by atoms with Crippen LogP contribution in [0.25, 0.3) is 0 Å². The average Bonchev–Trinajstić information content (AvgIpc) is 2.31. The van der Waals surface area contributed by atoms with Crippen molar-refractivity contribution in [2.24, 2.45) is 5.92 Å². The molecule has 2 aliphatic heterocycles. The van der Waals surface area contributed by atoms with Gasteiger partial charge in [0.25, 0.3) is 0 Å². The lowest BCUT2D eigenvalue weighted by atomic mass is 9.59. The normalized spacial score (nSPS) is 39.2. The van der Waals surface area contributed by atoms with E-state index in [0.717, 1.165) is 17.2 Å². The Morgan fingerprint density at radius 3 is 2.00 bits per heavy atom. The van der Waals surface area contributed by atoms with Crippen molar-refractivity contribution < 1.29 is 0 Å². The Morgan fingerprint density at radius 1 is 0.929 bits per heavy atom. The van der Waals surface area contributed by atoms with Crippen LogP contribution in [-0.4, -0.2) is 15.4 Å². The van der Waals surface area contributed by atoms with E-state index in [9.17, 15) is 0 Å². The SMILES string of the molecule is C[Si](C)(C)[C@@H]1[B-]C2CCCC1CCC2. The van der Waals surface area contributed by atoms with Gasteiger partial charge in [0.2, 0.25) is 0 Å². The molecule has 2 heteroatoms. The van der Waals surface area contributed by atoms with Gasteiger partial charge in [0.05, 0.1) is 0 Å². The first kappa shape index (κ1) is 10.8. The molecular weight excluding hydrogens is 183 g/mol. The summed E-state index contributed by atoms with van der Waals surface area (Å²) in [5.74, 6) is 2.05. The molecule has 0 aromatic rings. The second-order valence-electron chi connectivity index (χ2n) is 6.47. The van der Waals surface area contributed by atoms with Crippen LogP contribution in [0.5, 0.6) is 0 Å². The molecular formula is C12H24BSi-. The van der Waals surface area contributed by atoms with Crippen molar-refractivity contribution in [3.05, 3.63) is 0 Å². The maximum absolute atomic E-state index is 2.79. The van der Waals surface area contributed by atoms with Crippen LogP contribution in [0.2, 0.25) is 30.9 Å². The summed E-state index contributed by atoms with van der Waals surface area (Å²) in [4.78, 5) is 0. The molecule has 2 radical (unpaired) electrons. The van der Waals surface area contributed by atoms with E-state index in [1.54, 1.807) is 0 Å². The largest absolute Gasteiger partial charge is 0.331 e. The fourth-order valence-electron chi connectivity index (χ4n) is 3.57. The summed E-state index contributed by atoms with van der Waals surface area (Å²) in [5.41, 5.74) is 1.03. The third-order valence-corrected chi connectivity index (χ3v) is 6.95. The van der Waals surface area contributed by atoms with Crippen molar-refractivity contribution in [1.29, 1.82) is 0 Å². The van der Waals surface area contributed by atoms with Gasteiger partial charge in [0.15, 0.2) is 0 Å². The van der Waals surface area contributed by atoms with Gasteiger partial charge in [-0.1, -0.05) is 64.1 Å². The zero-order valence-electron chi connectivity index (χ0n) is 10.1. The van der Waals surface area contributed by atoms with Crippen molar-refractivity contribution in [3.8, 4) is 0 Å². The van der Waals surface area contributed by atoms with Gasteiger partial charge in [0, 0.05) is 8.07 Å². The molecule has 2 bridgehead atoms. The second kappa shape index (κ2) is 4.04. The lowest BCUT2D eigenvalue weighted by Crippen LogP contribution is -2.36. The number of rotatable bonds is 1.